The van der Waals surface area contributed by atoms with Crippen LogP contribution in [-0.4, -0.2) is 4.92 Å². The fourth-order valence-electron chi connectivity index (χ4n) is 1.37. The van der Waals surface area contributed by atoms with Crippen molar-refractivity contribution in [3.05, 3.63) is 61.2 Å². The molecular weight excluding hydrogens is 368 g/mol. The molecule has 0 aliphatic carbocycles. The lowest BCUT2D eigenvalue weighted by Crippen LogP contribution is -1.94. The number of nitro groups is 1. The molecule has 0 unspecified atom stereocenters. The van der Waals surface area contributed by atoms with Gasteiger partial charge in [-0.1, -0.05) is 23.7 Å². The van der Waals surface area contributed by atoms with Crippen LogP contribution in [0.1, 0.15) is 0 Å². The molecule has 0 aliphatic rings. The highest BCUT2D eigenvalue weighted by Crippen LogP contribution is 2.35. The van der Waals surface area contributed by atoms with E-state index in [1.54, 1.807) is 12.1 Å². The monoisotopic (exact) mass is 375 g/mol. The van der Waals surface area contributed by atoms with Crippen molar-refractivity contribution in [1.29, 1.82) is 0 Å². The van der Waals surface area contributed by atoms with Crippen LogP contribution < -0.4 is 4.74 Å². The van der Waals surface area contributed by atoms with Gasteiger partial charge in [0.1, 0.15) is 5.75 Å². The first kappa shape index (κ1) is 13.1. The van der Waals surface area contributed by atoms with E-state index in [4.69, 9.17) is 16.3 Å². The Balaban J connectivity index is 2.42. The number of rotatable bonds is 3. The maximum atomic E-state index is 10.9. The molecule has 6 heteroatoms. The zero-order valence-electron chi connectivity index (χ0n) is 8.97. The van der Waals surface area contributed by atoms with Gasteiger partial charge in [-0.3, -0.25) is 10.1 Å². The average molecular weight is 376 g/mol. The second-order valence-corrected chi connectivity index (χ2v) is 5.00. The third-order valence-corrected chi connectivity index (χ3v) is 3.30. The van der Waals surface area contributed by atoms with Crippen LogP contribution in [0.4, 0.5) is 5.69 Å². The third kappa shape index (κ3) is 2.91. The number of halogens is 2. The van der Waals surface area contributed by atoms with Crippen molar-refractivity contribution in [3.63, 3.8) is 0 Å². The molecule has 2 rings (SSSR count). The standard InChI is InChI=1S/C12H7ClINO3/c13-8-5-6-10(15(16)17)12(7-8)18-11-4-2-1-3-9(11)14/h1-7H. The minimum absolute atomic E-state index is 0.112. The van der Waals surface area contributed by atoms with Crippen molar-refractivity contribution in [2.24, 2.45) is 0 Å². The van der Waals surface area contributed by atoms with Crippen molar-refractivity contribution in [2.45, 2.75) is 0 Å². The summed E-state index contributed by atoms with van der Waals surface area (Å²) < 4.78 is 6.41. The minimum Gasteiger partial charge on any atom is -0.449 e. The lowest BCUT2D eigenvalue weighted by molar-refractivity contribution is -0.385. The van der Waals surface area contributed by atoms with Gasteiger partial charge in [-0.05, 0) is 40.8 Å². The molecule has 0 saturated heterocycles. The molecule has 92 valence electrons. The van der Waals surface area contributed by atoms with Crippen LogP contribution in [0, 0.1) is 13.7 Å². The van der Waals surface area contributed by atoms with Gasteiger partial charge < -0.3 is 4.74 Å². The fraction of sp³-hybridized carbons (Fsp3) is 0. The Bertz CT molecular complexity index is 604. The molecule has 0 heterocycles. The number of nitro benzene ring substituents is 1. The molecule has 0 fully saturated rings. The second-order valence-electron chi connectivity index (χ2n) is 3.40. The molecule has 0 bridgehead atoms. The van der Waals surface area contributed by atoms with Gasteiger partial charge >= 0.3 is 5.69 Å². The molecule has 18 heavy (non-hydrogen) atoms. The molecular formula is C12H7ClINO3. The molecule has 0 spiro atoms. The predicted octanol–water partition coefficient (Wildman–Crippen LogP) is 4.65. The minimum atomic E-state index is -0.499. The van der Waals surface area contributed by atoms with E-state index in [1.807, 2.05) is 12.1 Å². The number of ether oxygens (including phenoxy) is 1. The van der Waals surface area contributed by atoms with Crippen LogP contribution in [0.2, 0.25) is 5.02 Å². The molecule has 0 amide bonds. The SMILES string of the molecule is O=[N+]([O-])c1ccc(Cl)cc1Oc1ccccc1I. The van der Waals surface area contributed by atoms with Gasteiger partial charge in [0, 0.05) is 17.2 Å². The van der Waals surface area contributed by atoms with Gasteiger partial charge in [0.25, 0.3) is 0 Å². The fourth-order valence-corrected chi connectivity index (χ4v) is 2.03. The molecule has 0 N–H and O–H groups in total. The summed E-state index contributed by atoms with van der Waals surface area (Å²) in [7, 11) is 0. The van der Waals surface area contributed by atoms with E-state index >= 15 is 0 Å². The van der Waals surface area contributed by atoms with Crippen LogP contribution in [0.15, 0.2) is 42.5 Å². The van der Waals surface area contributed by atoms with Gasteiger partial charge in [-0.15, -0.1) is 0 Å². The first-order valence-corrected chi connectivity index (χ1v) is 6.40. The van der Waals surface area contributed by atoms with Crippen LogP contribution in [-0.2, 0) is 0 Å². The highest BCUT2D eigenvalue weighted by Gasteiger charge is 2.16. The van der Waals surface area contributed by atoms with Gasteiger partial charge in [0.2, 0.25) is 5.75 Å². The third-order valence-electron chi connectivity index (χ3n) is 2.18. The maximum absolute atomic E-state index is 10.9. The van der Waals surface area contributed by atoms with E-state index in [0.717, 1.165) is 3.57 Å². The number of benzene rings is 2. The molecule has 2 aromatic carbocycles. The van der Waals surface area contributed by atoms with Gasteiger partial charge in [-0.2, -0.15) is 0 Å². The quantitative estimate of drug-likeness (QED) is 0.446. The average Bonchev–Trinajstić information content (AvgIpc) is 2.32. The van der Waals surface area contributed by atoms with Crippen LogP contribution >= 0.6 is 34.2 Å². The zero-order chi connectivity index (χ0) is 13.1. The van der Waals surface area contributed by atoms with Crippen LogP contribution in [0.5, 0.6) is 11.5 Å². The number of nitrogens with zero attached hydrogens (tertiary/aromatic N) is 1. The first-order valence-electron chi connectivity index (χ1n) is 4.94. The van der Waals surface area contributed by atoms with E-state index in [0.29, 0.717) is 10.8 Å². The smallest absolute Gasteiger partial charge is 0.311 e. The van der Waals surface area contributed by atoms with Crippen molar-refractivity contribution in [2.75, 3.05) is 0 Å². The molecule has 0 saturated carbocycles. The first-order chi connectivity index (χ1) is 8.58. The second kappa shape index (κ2) is 5.53. The summed E-state index contributed by atoms with van der Waals surface area (Å²) in [6, 6.07) is 11.5. The van der Waals surface area contributed by atoms with Crippen molar-refractivity contribution in [3.8, 4) is 11.5 Å². The van der Waals surface area contributed by atoms with Crippen molar-refractivity contribution < 1.29 is 9.66 Å². The topological polar surface area (TPSA) is 52.4 Å². The number of para-hydroxylation sites is 1. The zero-order valence-corrected chi connectivity index (χ0v) is 11.9. The van der Waals surface area contributed by atoms with Gasteiger partial charge in [0.15, 0.2) is 0 Å². The summed E-state index contributed by atoms with van der Waals surface area (Å²) in [5.74, 6) is 0.695. The summed E-state index contributed by atoms with van der Waals surface area (Å²) in [5, 5.41) is 11.3. The molecule has 0 aliphatic heterocycles. The largest absolute Gasteiger partial charge is 0.449 e. The normalized spacial score (nSPS) is 10.1. The van der Waals surface area contributed by atoms with Crippen LogP contribution in [0.3, 0.4) is 0 Å². The van der Waals surface area contributed by atoms with Gasteiger partial charge in [0.05, 0.1) is 8.49 Å². The molecule has 2 aromatic rings. The van der Waals surface area contributed by atoms with Crippen LogP contribution in [0.25, 0.3) is 0 Å². The van der Waals surface area contributed by atoms with E-state index in [1.165, 1.54) is 18.2 Å². The Morgan fingerprint density at radius 1 is 1.17 bits per heavy atom. The Hall–Kier alpha value is -1.34. The summed E-state index contributed by atoms with van der Waals surface area (Å²) in [6.07, 6.45) is 0. The summed E-state index contributed by atoms with van der Waals surface area (Å²) in [6.45, 7) is 0. The summed E-state index contributed by atoms with van der Waals surface area (Å²) >= 11 is 7.92. The van der Waals surface area contributed by atoms with Gasteiger partial charge in [-0.25, -0.2) is 0 Å². The van der Waals surface area contributed by atoms with E-state index in [2.05, 4.69) is 22.6 Å². The Morgan fingerprint density at radius 3 is 2.56 bits per heavy atom. The predicted molar refractivity (Wildman–Crippen MR) is 77.3 cm³/mol. The Morgan fingerprint density at radius 2 is 1.89 bits per heavy atom. The molecule has 0 aromatic heterocycles. The number of hydrogen-bond acceptors (Lipinski definition) is 3. The Labute approximate surface area is 122 Å². The Kier molecular flexibility index (Phi) is 4.03. The lowest BCUT2D eigenvalue weighted by Gasteiger charge is -2.08. The van der Waals surface area contributed by atoms with E-state index < -0.39 is 4.92 Å². The summed E-state index contributed by atoms with van der Waals surface area (Å²) in [5.41, 5.74) is -0.112. The molecule has 4 nitrogen and oxygen atoms in total. The highest BCUT2D eigenvalue weighted by molar-refractivity contribution is 14.1. The molecule has 0 atom stereocenters. The van der Waals surface area contributed by atoms with Crippen molar-refractivity contribution in [1.82, 2.24) is 0 Å². The summed E-state index contributed by atoms with van der Waals surface area (Å²) in [4.78, 5) is 10.4. The van der Waals surface area contributed by atoms with E-state index in [-0.39, 0.29) is 11.4 Å². The van der Waals surface area contributed by atoms with E-state index in [9.17, 15) is 10.1 Å². The maximum Gasteiger partial charge on any atom is 0.311 e. The molecule has 0 radical (unpaired) electrons. The highest BCUT2D eigenvalue weighted by atomic mass is 127. The number of hydrogen-bond donors (Lipinski definition) is 0. The van der Waals surface area contributed by atoms with Crippen molar-refractivity contribution >= 4 is 39.9 Å². The lowest BCUT2D eigenvalue weighted by atomic mass is 10.3.